The van der Waals surface area contributed by atoms with Crippen LogP contribution in [0.4, 0.5) is 0 Å². The van der Waals surface area contributed by atoms with Crippen LogP contribution in [0.15, 0.2) is 78.9 Å². The Balaban J connectivity index is 1.87. The maximum atomic E-state index is 11.7. The first-order chi connectivity index (χ1) is 10.8. The Kier molecular flexibility index (Phi) is 5.94. The van der Waals surface area contributed by atoms with Crippen molar-refractivity contribution in [3.8, 4) is 5.75 Å². The molecular weight excluding hydrogens is 272 g/mol. The van der Waals surface area contributed by atoms with Crippen LogP contribution in [0, 0.1) is 0 Å². The second kappa shape index (κ2) is 8.42. The van der Waals surface area contributed by atoms with Gasteiger partial charge in [-0.15, -0.1) is 0 Å². The molecule has 0 unspecified atom stereocenters. The molecule has 0 aliphatic heterocycles. The quantitative estimate of drug-likeness (QED) is 0.576. The Morgan fingerprint density at radius 2 is 1.50 bits per heavy atom. The van der Waals surface area contributed by atoms with Gasteiger partial charge in [-0.3, -0.25) is 4.79 Å². The van der Waals surface area contributed by atoms with Gasteiger partial charge in [0.25, 0.3) is 0 Å². The maximum absolute atomic E-state index is 11.7. The van der Waals surface area contributed by atoms with Gasteiger partial charge in [-0.2, -0.15) is 0 Å². The molecule has 0 atom stereocenters. The predicted molar refractivity (Wildman–Crippen MR) is 91.7 cm³/mol. The van der Waals surface area contributed by atoms with Gasteiger partial charge in [0.15, 0.2) is 5.78 Å². The minimum absolute atomic E-state index is 0.0477. The number of hydrogen-bond acceptors (Lipinski definition) is 2. The molecule has 2 aromatic rings. The van der Waals surface area contributed by atoms with Crippen LogP contribution in [-0.2, 0) is 4.79 Å². The van der Waals surface area contributed by atoms with Crippen LogP contribution in [0.5, 0.6) is 5.75 Å². The topological polar surface area (TPSA) is 26.3 Å². The van der Waals surface area contributed by atoms with Crippen molar-refractivity contribution in [1.29, 1.82) is 0 Å². The van der Waals surface area contributed by atoms with Crippen LogP contribution in [0.3, 0.4) is 0 Å². The SMILES string of the molecule is COc1ccc(/C=C/C(=O)/C=C/C=C\c2ccccc2)cc1. The van der Waals surface area contributed by atoms with E-state index in [1.54, 1.807) is 31.4 Å². The standard InChI is InChI=1S/C20H18O2/c1-22-20-15-12-18(13-16-20)11-14-19(21)10-6-5-9-17-7-3-2-4-8-17/h2-16H,1H3/b9-5-,10-6+,14-11+. The number of benzene rings is 2. The molecule has 0 saturated heterocycles. The zero-order chi connectivity index (χ0) is 15.6. The molecule has 110 valence electrons. The highest BCUT2D eigenvalue weighted by Crippen LogP contribution is 2.12. The molecule has 0 fully saturated rings. The summed E-state index contributed by atoms with van der Waals surface area (Å²) < 4.78 is 5.09. The molecule has 0 saturated carbocycles. The third-order valence-electron chi connectivity index (χ3n) is 3.02. The zero-order valence-electron chi connectivity index (χ0n) is 12.5. The van der Waals surface area contributed by atoms with Crippen LogP contribution in [-0.4, -0.2) is 12.9 Å². The Labute approximate surface area is 131 Å². The van der Waals surface area contributed by atoms with Crippen molar-refractivity contribution in [3.05, 3.63) is 90.0 Å². The number of carbonyl (C=O) groups excluding carboxylic acids is 1. The summed E-state index contributed by atoms with van der Waals surface area (Å²) in [6.45, 7) is 0. The number of ether oxygens (including phenoxy) is 1. The number of rotatable bonds is 6. The van der Waals surface area contributed by atoms with Crippen molar-refractivity contribution < 1.29 is 9.53 Å². The van der Waals surface area contributed by atoms with Gasteiger partial charge >= 0.3 is 0 Å². The molecule has 0 spiro atoms. The largest absolute Gasteiger partial charge is 0.497 e. The van der Waals surface area contributed by atoms with E-state index in [4.69, 9.17) is 4.74 Å². The second-order valence-corrected chi connectivity index (χ2v) is 4.64. The highest BCUT2D eigenvalue weighted by Gasteiger charge is 1.92. The van der Waals surface area contributed by atoms with E-state index in [1.165, 1.54) is 0 Å². The summed E-state index contributed by atoms with van der Waals surface area (Å²) in [4.78, 5) is 11.7. The number of carbonyl (C=O) groups is 1. The van der Waals surface area contributed by atoms with Crippen molar-refractivity contribution >= 4 is 17.9 Å². The first kappa shape index (κ1) is 15.5. The van der Waals surface area contributed by atoms with Crippen molar-refractivity contribution in [3.63, 3.8) is 0 Å². The predicted octanol–water partition coefficient (Wildman–Crippen LogP) is 4.55. The summed E-state index contributed by atoms with van der Waals surface area (Å²) >= 11 is 0. The van der Waals surface area contributed by atoms with E-state index in [9.17, 15) is 4.79 Å². The summed E-state index contributed by atoms with van der Waals surface area (Å²) in [6.07, 6.45) is 10.4. The van der Waals surface area contributed by atoms with Gasteiger partial charge in [0.2, 0.25) is 0 Å². The molecule has 0 bridgehead atoms. The molecule has 0 aliphatic rings. The van der Waals surface area contributed by atoms with E-state index in [2.05, 4.69) is 0 Å². The molecule has 0 N–H and O–H groups in total. The van der Waals surface area contributed by atoms with Gasteiger partial charge in [0.05, 0.1) is 7.11 Å². The fraction of sp³-hybridized carbons (Fsp3) is 0.0500. The minimum Gasteiger partial charge on any atom is -0.497 e. The Hall–Kier alpha value is -2.87. The number of hydrogen-bond donors (Lipinski definition) is 0. The van der Waals surface area contributed by atoms with Gasteiger partial charge in [-0.1, -0.05) is 66.8 Å². The third kappa shape index (κ3) is 5.25. The average molecular weight is 290 g/mol. The van der Waals surface area contributed by atoms with E-state index in [0.29, 0.717) is 0 Å². The molecule has 0 radical (unpaired) electrons. The Bertz CT molecular complexity index is 677. The summed E-state index contributed by atoms with van der Waals surface area (Å²) in [5.41, 5.74) is 2.07. The van der Waals surface area contributed by atoms with Gasteiger partial charge in [0, 0.05) is 0 Å². The van der Waals surface area contributed by atoms with E-state index in [0.717, 1.165) is 16.9 Å². The lowest BCUT2D eigenvalue weighted by molar-refractivity contribution is -0.110. The second-order valence-electron chi connectivity index (χ2n) is 4.64. The van der Waals surface area contributed by atoms with E-state index >= 15 is 0 Å². The molecular formula is C20H18O2. The molecule has 22 heavy (non-hydrogen) atoms. The zero-order valence-corrected chi connectivity index (χ0v) is 12.5. The van der Waals surface area contributed by atoms with Crippen molar-refractivity contribution in [2.45, 2.75) is 0 Å². The fourth-order valence-electron chi connectivity index (χ4n) is 1.83. The maximum Gasteiger partial charge on any atom is 0.178 e. The lowest BCUT2D eigenvalue weighted by Gasteiger charge is -1.98. The lowest BCUT2D eigenvalue weighted by atomic mass is 10.2. The van der Waals surface area contributed by atoms with Crippen LogP contribution in [0.1, 0.15) is 11.1 Å². The number of methoxy groups -OCH3 is 1. The van der Waals surface area contributed by atoms with E-state index < -0.39 is 0 Å². The fourth-order valence-corrected chi connectivity index (χ4v) is 1.83. The Morgan fingerprint density at radius 1 is 0.818 bits per heavy atom. The highest BCUT2D eigenvalue weighted by molar-refractivity contribution is 6.02. The van der Waals surface area contributed by atoms with Crippen LogP contribution in [0.25, 0.3) is 12.2 Å². The molecule has 2 rings (SSSR count). The molecule has 0 aliphatic carbocycles. The number of ketones is 1. The first-order valence-electron chi connectivity index (χ1n) is 7.04. The van der Waals surface area contributed by atoms with E-state index in [1.807, 2.05) is 66.7 Å². The average Bonchev–Trinajstić information content (AvgIpc) is 2.58. The van der Waals surface area contributed by atoms with Crippen molar-refractivity contribution in [2.75, 3.05) is 7.11 Å². The summed E-state index contributed by atoms with van der Waals surface area (Å²) in [5, 5.41) is 0. The molecule has 2 nitrogen and oxygen atoms in total. The number of allylic oxidation sites excluding steroid dienone is 4. The smallest absolute Gasteiger partial charge is 0.178 e. The van der Waals surface area contributed by atoms with Gasteiger partial charge in [-0.25, -0.2) is 0 Å². The normalized spacial score (nSPS) is 11.5. The van der Waals surface area contributed by atoms with Crippen molar-refractivity contribution in [1.82, 2.24) is 0 Å². The van der Waals surface area contributed by atoms with Gasteiger partial charge in [-0.05, 0) is 35.4 Å². The molecule has 0 heterocycles. The van der Waals surface area contributed by atoms with Crippen LogP contribution >= 0.6 is 0 Å². The van der Waals surface area contributed by atoms with Crippen molar-refractivity contribution in [2.24, 2.45) is 0 Å². The first-order valence-corrected chi connectivity index (χ1v) is 7.04. The van der Waals surface area contributed by atoms with Crippen LogP contribution < -0.4 is 4.74 Å². The minimum atomic E-state index is -0.0477. The van der Waals surface area contributed by atoms with E-state index in [-0.39, 0.29) is 5.78 Å². The molecule has 2 aromatic carbocycles. The monoisotopic (exact) mass is 290 g/mol. The third-order valence-corrected chi connectivity index (χ3v) is 3.02. The summed E-state index contributed by atoms with van der Waals surface area (Å²) in [7, 11) is 1.63. The van der Waals surface area contributed by atoms with Gasteiger partial charge in [0.1, 0.15) is 5.75 Å². The molecule has 0 amide bonds. The molecule has 2 heteroatoms. The lowest BCUT2D eigenvalue weighted by Crippen LogP contribution is -1.85. The highest BCUT2D eigenvalue weighted by atomic mass is 16.5. The van der Waals surface area contributed by atoms with Crippen LogP contribution in [0.2, 0.25) is 0 Å². The summed E-state index contributed by atoms with van der Waals surface area (Å²) in [6, 6.07) is 17.5. The Morgan fingerprint density at radius 3 is 2.18 bits per heavy atom. The molecule has 0 aromatic heterocycles. The summed E-state index contributed by atoms with van der Waals surface area (Å²) in [5.74, 6) is 0.753. The van der Waals surface area contributed by atoms with Gasteiger partial charge < -0.3 is 4.74 Å².